The number of carbonyl (C=O) groups is 2. The molecule has 2 amide bonds. The van der Waals surface area contributed by atoms with Gasteiger partial charge in [-0.25, -0.2) is 8.42 Å². The molecule has 7 nitrogen and oxygen atoms in total. The summed E-state index contributed by atoms with van der Waals surface area (Å²) in [4.78, 5) is 28.8. The monoisotopic (exact) mass is 561 g/mol. The molecular weight excluding hydrogens is 522 g/mol. The molecule has 1 fully saturated rings. The quantitative estimate of drug-likeness (QED) is 0.393. The Morgan fingerprint density at radius 1 is 1.00 bits per heavy atom. The molecule has 38 heavy (non-hydrogen) atoms. The number of carbonyl (C=O) groups excluding carboxylic acids is 2. The fraction of sp³-hybridized carbons (Fsp3) is 0.517. The highest BCUT2D eigenvalue weighted by Gasteiger charge is 2.32. The van der Waals surface area contributed by atoms with E-state index in [0.29, 0.717) is 23.0 Å². The molecule has 2 aromatic rings. The van der Waals surface area contributed by atoms with Crippen molar-refractivity contribution in [2.24, 2.45) is 0 Å². The van der Waals surface area contributed by atoms with Crippen molar-refractivity contribution in [3.05, 3.63) is 64.7 Å². The molecule has 1 N–H and O–H groups in total. The van der Waals surface area contributed by atoms with E-state index >= 15 is 0 Å². The van der Waals surface area contributed by atoms with E-state index in [9.17, 15) is 18.0 Å². The smallest absolute Gasteiger partial charge is 0.244 e. The van der Waals surface area contributed by atoms with Gasteiger partial charge in [0.15, 0.2) is 0 Å². The van der Waals surface area contributed by atoms with E-state index in [-0.39, 0.29) is 18.5 Å². The highest BCUT2D eigenvalue weighted by molar-refractivity contribution is 7.92. The van der Waals surface area contributed by atoms with Gasteiger partial charge in [-0.15, -0.1) is 0 Å². The maximum atomic E-state index is 13.8. The van der Waals surface area contributed by atoms with E-state index in [1.54, 1.807) is 24.3 Å². The van der Waals surface area contributed by atoms with Gasteiger partial charge in [-0.05, 0) is 60.6 Å². The first kappa shape index (κ1) is 30.0. The van der Waals surface area contributed by atoms with Crippen LogP contribution >= 0.6 is 11.6 Å². The fourth-order valence-corrected chi connectivity index (χ4v) is 5.87. The third-order valence-electron chi connectivity index (χ3n) is 7.13. The Hall–Kier alpha value is -2.58. The maximum Gasteiger partial charge on any atom is 0.244 e. The number of benzene rings is 2. The lowest BCUT2D eigenvalue weighted by atomic mass is 9.95. The Bertz CT molecular complexity index is 1180. The number of anilines is 1. The van der Waals surface area contributed by atoms with E-state index in [2.05, 4.69) is 19.2 Å². The number of sulfonamides is 1. The van der Waals surface area contributed by atoms with Crippen LogP contribution < -0.4 is 9.62 Å². The summed E-state index contributed by atoms with van der Waals surface area (Å²) in [7, 11) is -3.77. The minimum Gasteiger partial charge on any atom is -0.352 e. The number of amides is 2. The van der Waals surface area contributed by atoms with Gasteiger partial charge in [0.2, 0.25) is 21.8 Å². The zero-order valence-electron chi connectivity index (χ0n) is 22.8. The van der Waals surface area contributed by atoms with E-state index in [4.69, 9.17) is 11.6 Å². The van der Waals surface area contributed by atoms with Gasteiger partial charge in [-0.2, -0.15) is 0 Å². The van der Waals surface area contributed by atoms with Gasteiger partial charge in [-0.3, -0.25) is 13.9 Å². The lowest BCUT2D eigenvalue weighted by Gasteiger charge is -2.34. The number of nitrogens with one attached hydrogen (secondary N) is 1. The first-order valence-electron chi connectivity index (χ1n) is 13.4. The summed E-state index contributed by atoms with van der Waals surface area (Å²) in [5.41, 5.74) is 2.29. The van der Waals surface area contributed by atoms with Gasteiger partial charge >= 0.3 is 0 Å². The van der Waals surface area contributed by atoms with Crippen LogP contribution in [0.15, 0.2) is 48.5 Å². The molecule has 208 valence electrons. The molecule has 2 aromatic carbocycles. The van der Waals surface area contributed by atoms with Crippen molar-refractivity contribution in [2.45, 2.75) is 83.8 Å². The summed E-state index contributed by atoms with van der Waals surface area (Å²) in [6, 6.07) is 13.7. The van der Waals surface area contributed by atoms with E-state index < -0.39 is 28.5 Å². The molecule has 9 heteroatoms. The van der Waals surface area contributed by atoms with Crippen LogP contribution in [0, 0.1) is 0 Å². The van der Waals surface area contributed by atoms with Gasteiger partial charge in [0.1, 0.15) is 12.6 Å². The van der Waals surface area contributed by atoms with E-state index in [0.717, 1.165) is 47.4 Å². The summed E-state index contributed by atoms with van der Waals surface area (Å²) >= 11 is 6.06. The highest BCUT2D eigenvalue weighted by Crippen LogP contribution is 2.24. The average Bonchev–Trinajstić information content (AvgIpc) is 2.88. The Morgan fingerprint density at radius 3 is 2.13 bits per heavy atom. The summed E-state index contributed by atoms with van der Waals surface area (Å²) in [6.45, 7) is 5.75. The average molecular weight is 562 g/mol. The SMILES string of the molecule is CC[C@H](C(=O)NC1CCCCC1)N(Cc1ccc(Cl)cc1)C(=O)CN(c1ccc(C(C)C)cc1)S(C)(=O)=O. The molecule has 1 aliphatic carbocycles. The number of hydrogen-bond donors (Lipinski definition) is 1. The van der Waals surface area contributed by atoms with Crippen molar-refractivity contribution in [2.75, 3.05) is 17.1 Å². The van der Waals surface area contributed by atoms with Crippen molar-refractivity contribution in [3.63, 3.8) is 0 Å². The third kappa shape index (κ3) is 8.21. The van der Waals surface area contributed by atoms with Crippen LogP contribution in [-0.4, -0.2) is 50.0 Å². The van der Waals surface area contributed by atoms with Crippen molar-refractivity contribution in [1.29, 1.82) is 0 Å². The van der Waals surface area contributed by atoms with Crippen LogP contribution in [0.4, 0.5) is 5.69 Å². The van der Waals surface area contributed by atoms with Gasteiger partial charge in [-0.1, -0.05) is 75.9 Å². The topological polar surface area (TPSA) is 86.8 Å². The van der Waals surface area contributed by atoms with Crippen LogP contribution in [0.2, 0.25) is 5.02 Å². The van der Waals surface area contributed by atoms with Gasteiger partial charge in [0.25, 0.3) is 0 Å². The predicted molar refractivity (Wildman–Crippen MR) is 154 cm³/mol. The van der Waals surface area contributed by atoms with Crippen LogP contribution in [0.5, 0.6) is 0 Å². The predicted octanol–water partition coefficient (Wildman–Crippen LogP) is 5.49. The third-order valence-corrected chi connectivity index (χ3v) is 8.52. The van der Waals surface area contributed by atoms with Gasteiger partial charge in [0.05, 0.1) is 11.9 Å². The number of halogens is 1. The maximum absolute atomic E-state index is 13.8. The molecular formula is C29H40ClN3O4S. The second kappa shape index (κ2) is 13.5. The van der Waals surface area contributed by atoms with Crippen LogP contribution in [0.25, 0.3) is 0 Å². The molecule has 1 aliphatic rings. The summed E-state index contributed by atoms with van der Waals surface area (Å²) in [6.07, 6.45) is 6.68. The van der Waals surface area contributed by atoms with E-state index in [1.165, 1.54) is 11.3 Å². The second-order valence-corrected chi connectivity index (χ2v) is 12.8. The van der Waals surface area contributed by atoms with Crippen LogP contribution in [0.3, 0.4) is 0 Å². The van der Waals surface area contributed by atoms with E-state index in [1.807, 2.05) is 31.2 Å². The van der Waals surface area contributed by atoms with Crippen LogP contribution in [-0.2, 0) is 26.2 Å². The van der Waals surface area contributed by atoms with Crippen molar-refractivity contribution in [1.82, 2.24) is 10.2 Å². The van der Waals surface area contributed by atoms with Crippen molar-refractivity contribution >= 4 is 39.1 Å². The molecule has 1 atom stereocenters. The Kier molecular flexibility index (Phi) is 10.6. The molecule has 0 aromatic heterocycles. The first-order chi connectivity index (χ1) is 18.0. The lowest BCUT2D eigenvalue weighted by molar-refractivity contribution is -0.140. The summed E-state index contributed by atoms with van der Waals surface area (Å²) in [5, 5.41) is 3.72. The Labute approximate surface area is 232 Å². The van der Waals surface area contributed by atoms with Gasteiger partial charge in [0, 0.05) is 17.6 Å². The molecule has 0 heterocycles. The summed E-state index contributed by atoms with van der Waals surface area (Å²) in [5.74, 6) is -0.349. The lowest BCUT2D eigenvalue weighted by Crippen LogP contribution is -2.53. The molecule has 0 bridgehead atoms. The van der Waals surface area contributed by atoms with Crippen molar-refractivity contribution in [3.8, 4) is 0 Å². The standard InChI is InChI=1S/C29H40ClN3O4S/c1-5-27(29(35)31-25-9-7-6-8-10-25)32(19-22-11-15-24(30)16-12-22)28(34)20-33(38(4,36)37)26-17-13-23(14-18-26)21(2)3/h11-18,21,25,27H,5-10,19-20H2,1-4H3,(H,31,35)/t27-/m1/s1. The zero-order valence-corrected chi connectivity index (χ0v) is 24.4. The highest BCUT2D eigenvalue weighted by atomic mass is 35.5. The Balaban J connectivity index is 1.90. The zero-order chi connectivity index (χ0) is 27.9. The van der Waals surface area contributed by atoms with Crippen molar-refractivity contribution < 1.29 is 18.0 Å². The largest absolute Gasteiger partial charge is 0.352 e. The molecule has 0 unspecified atom stereocenters. The minimum absolute atomic E-state index is 0.102. The Morgan fingerprint density at radius 2 is 1.61 bits per heavy atom. The number of rotatable bonds is 11. The molecule has 3 rings (SSSR count). The van der Waals surface area contributed by atoms with Crippen LogP contribution in [0.1, 0.15) is 76.3 Å². The number of hydrogen-bond acceptors (Lipinski definition) is 4. The minimum atomic E-state index is -3.77. The second-order valence-electron chi connectivity index (χ2n) is 10.4. The number of nitrogens with zero attached hydrogens (tertiary/aromatic N) is 2. The molecule has 0 aliphatic heterocycles. The molecule has 0 saturated heterocycles. The van der Waals surface area contributed by atoms with Gasteiger partial charge < -0.3 is 10.2 Å². The molecule has 0 spiro atoms. The molecule has 0 radical (unpaired) electrons. The summed E-state index contributed by atoms with van der Waals surface area (Å²) < 4.78 is 26.7. The first-order valence-corrected chi connectivity index (χ1v) is 15.6. The molecule has 1 saturated carbocycles. The fourth-order valence-electron chi connectivity index (χ4n) is 4.89. The normalized spacial score (nSPS) is 15.2.